The van der Waals surface area contributed by atoms with Gasteiger partial charge in [-0.15, -0.1) is 0 Å². The fourth-order valence-corrected chi connectivity index (χ4v) is 1.66. The van der Waals surface area contributed by atoms with Crippen LogP contribution in [-0.4, -0.2) is 50.1 Å². The van der Waals surface area contributed by atoms with Gasteiger partial charge in [-0.3, -0.25) is 9.69 Å². The van der Waals surface area contributed by atoms with Crippen LogP contribution in [0.2, 0.25) is 0 Å². The van der Waals surface area contributed by atoms with Gasteiger partial charge in [-0.2, -0.15) is 0 Å². The molecule has 1 saturated heterocycles. The van der Waals surface area contributed by atoms with Gasteiger partial charge in [0.25, 0.3) is 0 Å². The lowest BCUT2D eigenvalue weighted by atomic mass is 9.81. The number of carbonyl (C=O) groups is 1. The molecule has 0 bridgehead atoms. The number of piperazine rings is 1. The lowest BCUT2D eigenvalue weighted by Crippen LogP contribution is -2.48. The molecule has 1 heterocycles. The molecule has 1 aliphatic rings. The first-order valence-corrected chi connectivity index (χ1v) is 6.61. The second kappa shape index (κ2) is 6.36. The highest BCUT2D eigenvalue weighted by Gasteiger charge is 2.23. The van der Waals surface area contributed by atoms with Crippen molar-refractivity contribution in [1.82, 2.24) is 15.5 Å². The highest BCUT2D eigenvalue weighted by molar-refractivity contribution is 5.78. The third-order valence-electron chi connectivity index (χ3n) is 3.88. The molecule has 1 fully saturated rings. The van der Waals surface area contributed by atoms with E-state index in [1.165, 1.54) is 0 Å². The third-order valence-corrected chi connectivity index (χ3v) is 3.88. The summed E-state index contributed by atoms with van der Waals surface area (Å²) in [5.74, 6) is 0.725. The van der Waals surface area contributed by atoms with Crippen molar-refractivity contribution >= 4 is 5.91 Å². The van der Waals surface area contributed by atoms with Crippen molar-refractivity contribution in [2.45, 2.75) is 27.7 Å². The normalized spacial score (nSPS) is 18.4. The Hall–Kier alpha value is -0.610. The van der Waals surface area contributed by atoms with Crippen LogP contribution in [0.4, 0.5) is 0 Å². The summed E-state index contributed by atoms with van der Waals surface area (Å²) in [6.45, 7) is 14.0. The predicted octanol–water partition coefficient (Wildman–Crippen LogP) is 0.690. The van der Waals surface area contributed by atoms with Crippen molar-refractivity contribution in [3.63, 3.8) is 0 Å². The van der Waals surface area contributed by atoms with Gasteiger partial charge in [0.1, 0.15) is 0 Å². The van der Waals surface area contributed by atoms with Crippen molar-refractivity contribution in [2.75, 3.05) is 39.3 Å². The van der Waals surface area contributed by atoms with E-state index < -0.39 is 0 Å². The van der Waals surface area contributed by atoms with Crippen LogP contribution in [0.5, 0.6) is 0 Å². The minimum absolute atomic E-state index is 0.153. The molecule has 0 atom stereocenters. The minimum atomic E-state index is 0.153. The topological polar surface area (TPSA) is 44.4 Å². The summed E-state index contributed by atoms with van der Waals surface area (Å²) in [5, 5.41) is 6.34. The van der Waals surface area contributed by atoms with Gasteiger partial charge < -0.3 is 10.6 Å². The Labute approximate surface area is 105 Å². The Morgan fingerprint density at radius 3 is 2.47 bits per heavy atom. The van der Waals surface area contributed by atoms with Gasteiger partial charge >= 0.3 is 0 Å². The van der Waals surface area contributed by atoms with E-state index in [0.29, 0.717) is 12.5 Å². The van der Waals surface area contributed by atoms with E-state index in [1.807, 2.05) is 0 Å². The van der Waals surface area contributed by atoms with Crippen LogP contribution in [0.25, 0.3) is 0 Å². The predicted molar refractivity (Wildman–Crippen MR) is 70.9 cm³/mol. The second-order valence-corrected chi connectivity index (χ2v) is 5.95. The van der Waals surface area contributed by atoms with E-state index in [0.717, 1.165) is 32.7 Å². The first-order chi connectivity index (χ1) is 7.92. The largest absolute Gasteiger partial charge is 0.354 e. The summed E-state index contributed by atoms with van der Waals surface area (Å²) in [6, 6.07) is 0. The standard InChI is InChI=1S/C13H27N3O/c1-11(2)13(3,4)10-15-12(17)9-16-7-5-14-6-8-16/h11,14H,5-10H2,1-4H3,(H,15,17). The van der Waals surface area contributed by atoms with Crippen LogP contribution in [-0.2, 0) is 4.79 Å². The first-order valence-electron chi connectivity index (χ1n) is 6.61. The number of carbonyl (C=O) groups excluding carboxylic acids is 1. The average molecular weight is 241 g/mol. The van der Waals surface area contributed by atoms with Crippen molar-refractivity contribution < 1.29 is 4.79 Å². The van der Waals surface area contributed by atoms with E-state index in [1.54, 1.807) is 0 Å². The van der Waals surface area contributed by atoms with E-state index in [9.17, 15) is 4.79 Å². The van der Waals surface area contributed by atoms with Gasteiger partial charge in [-0.05, 0) is 11.3 Å². The zero-order valence-corrected chi connectivity index (χ0v) is 11.7. The number of hydrogen-bond acceptors (Lipinski definition) is 3. The highest BCUT2D eigenvalue weighted by atomic mass is 16.2. The molecule has 0 aromatic heterocycles. The smallest absolute Gasteiger partial charge is 0.234 e. The molecule has 0 unspecified atom stereocenters. The molecule has 2 N–H and O–H groups in total. The Kier molecular flexibility index (Phi) is 5.40. The molecular weight excluding hydrogens is 214 g/mol. The van der Waals surface area contributed by atoms with Gasteiger partial charge in [0, 0.05) is 32.7 Å². The quantitative estimate of drug-likeness (QED) is 0.744. The van der Waals surface area contributed by atoms with Gasteiger partial charge in [-0.1, -0.05) is 27.7 Å². The lowest BCUT2D eigenvalue weighted by molar-refractivity contribution is -0.122. The maximum Gasteiger partial charge on any atom is 0.234 e. The van der Waals surface area contributed by atoms with Crippen molar-refractivity contribution in [3.8, 4) is 0 Å². The van der Waals surface area contributed by atoms with E-state index in [-0.39, 0.29) is 11.3 Å². The third kappa shape index (κ3) is 5.04. The molecule has 0 aliphatic carbocycles. The molecule has 1 aliphatic heterocycles. The molecule has 17 heavy (non-hydrogen) atoms. The zero-order chi connectivity index (χ0) is 12.9. The number of nitrogens with one attached hydrogen (secondary N) is 2. The molecule has 4 nitrogen and oxygen atoms in total. The number of rotatable bonds is 5. The maximum atomic E-state index is 11.8. The lowest BCUT2D eigenvalue weighted by Gasteiger charge is -2.30. The van der Waals surface area contributed by atoms with E-state index in [2.05, 4.69) is 43.2 Å². The van der Waals surface area contributed by atoms with Crippen molar-refractivity contribution in [2.24, 2.45) is 11.3 Å². The Morgan fingerprint density at radius 2 is 1.94 bits per heavy atom. The van der Waals surface area contributed by atoms with E-state index >= 15 is 0 Å². The van der Waals surface area contributed by atoms with Crippen LogP contribution in [0.3, 0.4) is 0 Å². The minimum Gasteiger partial charge on any atom is -0.354 e. The molecule has 0 radical (unpaired) electrons. The van der Waals surface area contributed by atoms with Crippen molar-refractivity contribution in [1.29, 1.82) is 0 Å². The Bertz CT molecular complexity index is 245. The number of hydrogen-bond donors (Lipinski definition) is 2. The molecule has 1 rings (SSSR count). The molecule has 0 saturated carbocycles. The number of amides is 1. The first kappa shape index (κ1) is 14.5. The summed E-state index contributed by atoms with van der Waals surface area (Å²) < 4.78 is 0. The monoisotopic (exact) mass is 241 g/mol. The van der Waals surface area contributed by atoms with Gasteiger partial charge in [0.05, 0.1) is 6.54 Å². The van der Waals surface area contributed by atoms with Crippen LogP contribution < -0.4 is 10.6 Å². The SMILES string of the molecule is CC(C)C(C)(C)CNC(=O)CN1CCNCC1. The summed E-state index contributed by atoms with van der Waals surface area (Å²) >= 11 is 0. The number of nitrogens with zero attached hydrogens (tertiary/aromatic N) is 1. The molecule has 1 amide bonds. The maximum absolute atomic E-state index is 11.8. The molecule has 0 spiro atoms. The molecule has 0 aromatic carbocycles. The molecule has 100 valence electrons. The average Bonchev–Trinajstić information content (AvgIpc) is 2.28. The zero-order valence-electron chi connectivity index (χ0n) is 11.7. The fourth-order valence-electron chi connectivity index (χ4n) is 1.66. The summed E-state index contributed by atoms with van der Waals surface area (Å²) in [7, 11) is 0. The van der Waals surface area contributed by atoms with Crippen LogP contribution in [0.15, 0.2) is 0 Å². The Morgan fingerprint density at radius 1 is 1.35 bits per heavy atom. The summed E-state index contributed by atoms with van der Waals surface area (Å²) in [4.78, 5) is 14.0. The second-order valence-electron chi connectivity index (χ2n) is 5.95. The van der Waals surface area contributed by atoms with Crippen LogP contribution in [0, 0.1) is 11.3 Å². The molecular formula is C13H27N3O. The molecule has 4 heteroatoms. The van der Waals surface area contributed by atoms with Crippen LogP contribution in [0.1, 0.15) is 27.7 Å². The Balaban J connectivity index is 2.25. The fraction of sp³-hybridized carbons (Fsp3) is 0.923. The summed E-state index contributed by atoms with van der Waals surface area (Å²) in [6.07, 6.45) is 0. The van der Waals surface area contributed by atoms with Crippen LogP contribution >= 0.6 is 0 Å². The molecule has 0 aromatic rings. The van der Waals surface area contributed by atoms with E-state index in [4.69, 9.17) is 0 Å². The van der Waals surface area contributed by atoms with Gasteiger partial charge in [-0.25, -0.2) is 0 Å². The van der Waals surface area contributed by atoms with Gasteiger partial charge in [0.15, 0.2) is 0 Å². The van der Waals surface area contributed by atoms with Gasteiger partial charge in [0.2, 0.25) is 5.91 Å². The van der Waals surface area contributed by atoms with Crippen molar-refractivity contribution in [3.05, 3.63) is 0 Å². The summed E-state index contributed by atoms with van der Waals surface area (Å²) in [5.41, 5.74) is 0.166. The highest BCUT2D eigenvalue weighted by Crippen LogP contribution is 2.24.